The minimum Gasteiger partial charge on any atom is -0.389 e. The summed E-state index contributed by atoms with van der Waals surface area (Å²) < 4.78 is 1.04. The Balaban J connectivity index is 2.43. The molecule has 0 fully saturated rings. The van der Waals surface area contributed by atoms with Crippen molar-refractivity contribution < 1.29 is 0 Å². The molecule has 0 bridgehead atoms. The molecule has 0 radical (unpaired) electrons. The minimum atomic E-state index is 0.417. The number of hydrogen-bond donors (Lipinski definition) is 2. The van der Waals surface area contributed by atoms with Gasteiger partial charge in [-0.2, -0.15) is 0 Å². The predicted molar refractivity (Wildman–Crippen MR) is 101 cm³/mol. The number of rotatable bonds is 5. The number of aryl methyl sites for hydroxylation is 1. The topological polar surface area (TPSA) is 38.0 Å². The highest BCUT2D eigenvalue weighted by Crippen LogP contribution is 2.31. The van der Waals surface area contributed by atoms with Gasteiger partial charge in [0.05, 0.1) is 0 Å². The van der Waals surface area contributed by atoms with Gasteiger partial charge in [-0.15, -0.1) is 11.8 Å². The van der Waals surface area contributed by atoms with Gasteiger partial charge in [0.15, 0.2) is 0 Å². The van der Waals surface area contributed by atoms with Gasteiger partial charge in [-0.1, -0.05) is 41.1 Å². The molecule has 0 aliphatic rings. The van der Waals surface area contributed by atoms with Crippen LogP contribution in [0.1, 0.15) is 18.1 Å². The molecule has 0 aliphatic heterocycles. The van der Waals surface area contributed by atoms with Gasteiger partial charge in [-0.05, 0) is 48.6 Å². The quantitative estimate of drug-likeness (QED) is 0.548. The first-order valence-electron chi connectivity index (χ1n) is 6.61. The molecular formula is C16H17BrN2S2. The second-order valence-electron chi connectivity index (χ2n) is 4.62. The number of halogens is 1. The van der Waals surface area contributed by atoms with Gasteiger partial charge in [0, 0.05) is 26.3 Å². The summed E-state index contributed by atoms with van der Waals surface area (Å²) >= 11 is 10.5. The third-order valence-electron chi connectivity index (χ3n) is 2.89. The second kappa shape index (κ2) is 7.29. The van der Waals surface area contributed by atoms with E-state index in [2.05, 4.69) is 53.3 Å². The summed E-state index contributed by atoms with van der Waals surface area (Å²) in [5.41, 5.74) is 9.98. The average Bonchev–Trinajstić information content (AvgIpc) is 2.37. The lowest BCUT2D eigenvalue weighted by Gasteiger charge is -2.15. The van der Waals surface area contributed by atoms with Gasteiger partial charge in [0.2, 0.25) is 0 Å². The summed E-state index contributed by atoms with van der Waals surface area (Å²) in [7, 11) is 0. The zero-order chi connectivity index (χ0) is 15.4. The van der Waals surface area contributed by atoms with Gasteiger partial charge >= 0.3 is 0 Å². The van der Waals surface area contributed by atoms with Crippen LogP contribution in [-0.4, -0.2) is 10.7 Å². The molecule has 2 nitrogen and oxygen atoms in total. The van der Waals surface area contributed by atoms with Crippen LogP contribution < -0.4 is 11.1 Å². The average molecular weight is 381 g/mol. The molecule has 2 aromatic rings. The van der Waals surface area contributed by atoms with Crippen molar-refractivity contribution in [2.75, 3.05) is 11.1 Å². The zero-order valence-corrected chi connectivity index (χ0v) is 15.2. The van der Waals surface area contributed by atoms with E-state index in [9.17, 15) is 0 Å². The van der Waals surface area contributed by atoms with Crippen LogP contribution in [0, 0.1) is 6.92 Å². The van der Waals surface area contributed by atoms with Crippen molar-refractivity contribution in [3.8, 4) is 0 Å². The SMILES string of the molecule is CCSc1cccc(Nc2cc(C)cc(Br)c2)c1C(N)=S. The fourth-order valence-corrected chi connectivity index (χ4v) is 3.87. The Morgan fingerprint density at radius 1 is 1.33 bits per heavy atom. The molecule has 2 rings (SSSR count). The second-order valence-corrected chi connectivity index (χ2v) is 7.28. The van der Waals surface area contributed by atoms with Crippen molar-refractivity contribution in [2.45, 2.75) is 18.7 Å². The maximum atomic E-state index is 5.93. The molecule has 0 aliphatic carbocycles. The van der Waals surface area contributed by atoms with E-state index < -0.39 is 0 Å². The van der Waals surface area contributed by atoms with E-state index in [0.29, 0.717) is 4.99 Å². The van der Waals surface area contributed by atoms with E-state index in [1.807, 2.05) is 18.2 Å². The molecule has 5 heteroatoms. The molecular weight excluding hydrogens is 364 g/mol. The summed E-state index contributed by atoms with van der Waals surface area (Å²) in [6.07, 6.45) is 0. The number of nitrogens with two attached hydrogens (primary N) is 1. The van der Waals surface area contributed by atoms with Crippen molar-refractivity contribution in [1.82, 2.24) is 0 Å². The fourth-order valence-electron chi connectivity index (χ4n) is 2.13. The molecule has 0 heterocycles. The number of hydrogen-bond acceptors (Lipinski definition) is 3. The molecule has 0 amide bonds. The van der Waals surface area contributed by atoms with Gasteiger partial charge < -0.3 is 11.1 Å². The van der Waals surface area contributed by atoms with E-state index in [1.165, 1.54) is 5.56 Å². The van der Waals surface area contributed by atoms with Crippen molar-refractivity contribution in [1.29, 1.82) is 0 Å². The fraction of sp³-hybridized carbons (Fsp3) is 0.188. The molecule has 0 atom stereocenters. The third-order valence-corrected chi connectivity index (χ3v) is 4.50. The number of thiocarbonyl (C=S) groups is 1. The first-order valence-corrected chi connectivity index (χ1v) is 8.79. The van der Waals surface area contributed by atoms with Crippen molar-refractivity contribution in [3.05, 3.63) is 52.0 Å². The molecule has 21 heavy (non-hydrogen) atoms. The van der Waals surface area contributed by atoms with Crippen LogP contribution >= 0.6 is 39.9 Å². The van der Waals surface area contributed by atoms with Crippen LogP contribution in [0.5, 0.6) is 0 Å². The van der Waals surface area contributed by atoms with Crippen LogP contribution in [0.15, 0.2) is 45.8 Å². The maximum Gasteiger partial charge on any atom is 0.107 e. The van der Waals surface area contributed by atoms with Gasteiger partial charge in [-0.25, -0.2) is 0 Å². The third kappa shape index (κ3) is 4.22. The molecule has 0 saturated heterocycles. The molecule has 0 spiro atoms. The van der Waals surface area contributed by atoms with E-state index in [1.54, 1.807) is 11.8 Å². The van der Waals surface area contributed by atoms with Gasteiger partial charge in [0.1, 0.15) is 4.99 Å². The first kappa shape index (κ1) is 16.3. The summed E-state index contributed by atoms with van der Waals surface area (Å²) in [5.74, 6) is 0.981. The van der Waals surface area contributed by atoms with E-state index >= 15 is 0 Å². The highest BCUT2D eigenvalue weighted by atomic mass is 79.9. The Morgan fingerprint density at radius 2 is 2.10 bits per heavy atom. The minimum absolute atomic E-state index is 0.417. The lowest BCUT2D eigenvalue weighted by molar-refractivity contribution is 1.37. The monoisotopic (exact) mass is 380 g/mol. The maximum absolute atomic E-state index is 5.93. The Bertz CT molecular complexity index is 651. The predicted octanol–water partition coefficient (Wildman–Crippen LogP) is 5.25. The normalized spacial score (nSPS) is 10.4. The van der Waals surface area contributed by atoms with Crippen molar-refractivity contribution >= 4 is 56.3 Å². The lowest BCUT2D eigenvalue weighted by atomic mass is 10.1. The molecule has 3 N–H and O–H groups in total. The number of nitrogens with one attached hydrogen (secondary N) is 1. The standard InChI is InChI=1S/C16H17BrN2S2/c1-3-21-14-6-4-5-13(15(14)16(18)20)19-12-8-10(2)7-11(17)9-12/h4-9,19H,3H2,1-2H3,(H2,18,20). The summed E-state index contributed by atoms with van der Waals surface area (Å²) in [5, 5.41) is 3.42. The van der Waals surface area contributed by atoms with Crippen LogP contribution in [0.2, 0.25) is 0 Å². The lowest BCUT2D eigenvalue weighted by Crippen LogP contribution is -2.13. The summed E-state index contributed by atoms with van der Waals surface area (Å²) in [6, 6.07) is 12.3. The zero-order valence-electron chi connectivity index (χ0n) is 11.9. The first-order chi connectivity index (χ1) is 10.0. The summed E-state index contributed by atoms with van der Waals surface area (Å²) in [6.45, 7) is 4.18. The Labute approximate surface area is 143 Å². The highest BCUT2D eigenvalue weighted by molar-refractivity contribution is 9.10. The largest absolute Gasteiger partial charge is 0.389 e. The Morgan fingerprint density at radius 3 is 2.71 bits per heavy atom. The molecule has 0 aromatic heterocycles. The van der Waals surface area contributed by atoms with Crippen LogP contribution in [0.25, 0.3) is 0 Å². The van der Waals surface area contributed by atoms with Gasteiger partial charge in [-0.3, -0.25) is 0 Å². The number of benzene rings is 2. The van der Waals surface area contributed by atoms with Gasteiger partial charge in [0.25, 0.3) is 0 Å². The van der Waals surface area contributed by atoms with Crippen LogP contribution in [0.4, 0.5) is 11.4 Å². The number of anilines is 2. The number of thioether (sulfide) groups is 1. The van der Waals surface area contributed by atoms with E-state index in [0.717, 1.165) is 32.1 Å². The van der Waals surface area contributed by atoms with Crippen molar-refractivity contribution in [3.63, 3.8) is 0 Å². The summed E-state index contributed by atoms with van der Waals surface area (Å²) in [4.78, 5) is 1.53. The smallest absolute Gasteiger partial charge is 0.107 e. The molecule has 110 valence electrons. The molecule has 2 aromatic carbocycles. The van der Waals surface area contributed by atoms with E-state index in [4.69, 9.17) is 18.0 Å². The Kier molecular flexibility index (Phi) is 5.67. The van der Waals surface area contributed by atoms with Crippen molar-refractivity contribution in [2.24, 2.45) is 5.73 Å². The van der Waals surface area contributed by atoms with Crippen LogP contribution in [0.3, 0.4) is 0 Å². The van der Waals surface area contributed by atoms with Crippen LogP contribution in [-0.2, 0) is 0 Å². The molecule has 0 unspecified atom stereocenters. The molecule has 0 saturated carbocycles. The highest BCUT2D eigenvalue weighted by Gasteiger charge is 2.11. The van der Waals surface area contributed by atoms with E-state index in [-0.39, 0.29) is 0 Å². The Hall–Kier alpha value is -1.04.